The maximum Gasteiger partial charge on any atom is 0.339 e. The van der Waals surface area contributed by atoms with Crippen molar-refractivity contribution < 1.29 is 24.6 Å². The van der Waals surface area contributed by atoms with E-state index in [0.717, 1.165) is 11.3 Å². The third-order valence-corrected chi connectivity index (χ3v) is 4.94. The van der Waals surface area contributed by atoms with E-state index in [0.29, 0.717) is 0 Å². The number of aromatic hydroxyl groups is 1. The fraction of sp³-hybridized carbons (Fsp3) is 0.312. The van der Waals surface area contributed by atoms with Gasteiger partial charge in [-0.1, -0.05) is 12.2 Å². The molecule has 3 aliphatic rings. The third-order valence-electron chi connectivity index (χ3n) is 4.94. The number of carbonyl (C=O) groups excluding carboxylic acids is 2. The van der Waals surface area contributed by atoms with E-state index in [4.69, 9.17) is 5.11 Å². The van der Waals surface area contributed by atoms with Crippen LogP contribution >= 0.6 is 0 Å². The maximum absolute atomic E-state index is 12.6. The number of allylic oxidation sites excluding steroid dienone is 2. The van der Waals surface area contributed by atoms with E-state index >= 15 is 0 Å². The van der Waals surface area contributed by atoms with Crippen LogP contribution in [0.5, 0.6) is 5.75 Å². The molecule has 1 aliphatic heterocycles. The first-order valence-electron chi connectivity index (χ1n) is 7.11. The summed E-state index contributed by atoms with van der Waals surface area (Å²) < 4.78 is 0. The van der Waals surface area contributed by atoms with Crippen LogP contribution in [0.25, 0.3) is 0 Å². The summed E-state index contributed by atoms with van der Waals surface area (Å²) in [6.45, 7) is 0. The number of fused-ring (bicyclic) bond motifs is 5. The fourth-order valence-corrected chi connectivity index (χ4v) is 3.99. The fourth-order valence-electron chi connectivity index (χ4n) is 3.99. The van der Waals surface area contributed by atoms with Crippen molar-refractivity contribution >= 4 is 23.5 Å². The Hall–Kier alpha value is -2.63. The summed E-state index contributed by atoms with van der Waals surface area (Å²) in [4.78, 5) is 37.4. The van der Waals surface area contributed by atoms with Gasteiger partial charge in [-0.3, -0.25) is 9.59 Å². The minimum atomic E-state index is -1.31. The highest BCUT2D eigenvalue weighted by molar-refractivity contribution is 6.23. The van der Waals surface area contributed by atoms with Gasteiger partial charge in [-0.2, -0.15) is 0 Å². The van der Waals surface area contributed by atoms with Crippen molar-refractivity contribution in [3.63, 3.8) is 0 Å². The molecule has 2 aliphatic carbocycles. The smallest absolute Gasteiger partial charge is 0.339 e. The zero-order chi connectivity index (χ0) is 15.6. The molecule has 0 aromatic heterocycles. The average molecular weight is 299 g/mol. The molecule has 1 aromatic carbocycles. The van der Waals surface area contributed by atoms with Gasteiger partial charge in [0.2, 0.25) is 11.8 Å². The van der Waals surface area contributed by atoms with Crippen LogP contribution in [0, 0.1) is 23.7 Å². The molecule has 0 unspecified atom stereocenters. The third kappa shape index (κ3) is 1.52. The number of carbonyl (C=O) groups is 3. The second-order valence-corrected chi connectivity index (χ2v) is 6.02. The predicted molar refractivity (Wildman–Crippen MR) is 75.3 cm³/mol. The van der Waals surface area contributed by atoms with Crippen LogP contribution in [0.3, 0.4) is 0 Å². The Bertz CT molecular complexity index is 723. The first kappa shape index (κ1) is 13.1. The van der Waals surface area contributed by atoms with Crippen LogP contribution in [0.1, 0.15) is 16.8 Å². The lowest BCUT2D eigenvalue weighted by Crippen LogP contribution is -2.33. The number of amides is 2. The molecule has 2 fully saturated rings. The van der Waals surface area contributed by atoms with Crippen LogP contribution in [0.2, 0.25) is 0 Å². The van der Waals surface area contributed by atoms with Gasteiger partial charge in [-0.25, -0.2) is 9.69 Å². The van der Waals surface area contributed by atoms with E-state index in [1.807, 2.05) is 12.2 Å². The molecule has 2 amide bonds. The number of hydrogen-bond donors (Lipinski definition) is 2. The van der Waals surface area contributed by atoms with Crippen LogP contribution in [0.15, 0.2) is 30.4 Å². The Morgan fingerprint density at radius 3 is 2.23 bits per heavy atom. The monoisotopic (exact) mass is 299 g/mol. The normalized spacial score (nSPS) is 31.9. The predicted octanol–water partition coefficient (Wildman–Crippen LogP) is 1.40. The molecular weight excluding hydrogens is 286 g/mol. The zero-order valence-corrected chi connectivity index (χ0v) is 11.5. The lowest BCUT2D eigenvalue weighted by Gasteiger charge is -2.18. The zero-order valence-electron chi connectivity index (χ0n) is 11.5. The standard InChI is InChI=1S/C16H13NO5/c18-11-4-3-9(6-10(11)16(21)22)17-14(19)12-7-1-2-8(5-7)13(12)15(17)20/h1-4,6-8,12-13,18H,5H2,(H,21,22)/t7-,8-,12-,13-/m0/s1. The number of anilines is 1. The van der Waals surface area contributed by atoms with Crippen molar-refractivity contribution in [2.45, 2.75) is 6.42 Å². The maximum atomic E-state index is 12.6. The van der Waals surface area contributed by atoms with E-state index in [-0.39, 0.29) is 46.7 Å². The molecule has 112 valence electrons. The molecular formula is C16H13NO5. The number of rotatable bonds is 2. The van der Waals surface area contributed by atoms with Crippen molar-refractivity contribution in [3.8, 4) is 5.75 Å². The molecule has 1 saturated heterocycles. The SMILES string of the molecule is O=C(O)c1cc(N2C(=O)[C@@H]3[C@@H](C2=O)[C@H]2C=C[C@H]3C2)ccc1O. The average Bonchev–Trinajstić information content (AvgIpc) is 3.14. The number of benzene rings is 1. The van der Waals surface area contributed by atoms with Crippen LogP contribution in [-0.2, 0) is 9.59 Å². The summed E-state index contributed by atoms with van der Waals surface area (Å²) in [5.41, 5.74) is -0.116. The molecule has 0 spiro atoms. The van der Waals surface area contributed by atoms with Gasteiger partial charge in [0.25, 0.3) is 0 Å². The molecule has 2 N–H and O–H groups in total. The van der Waals surface area contributed by atoms with Gasteiger partial charge in [-0.15, -0.1) is 0 Å². The molecule has 22 heavy (non-hydrogen) atoms. The minimum absolute atomic E-state index is 0.104. The number of imide groups is 1. The van der Waals surface area contributed by atoms with E-state index in [1.165, 1.54) is 18.2 Å². The van der Waals surface area contributed by atoms with Crippen molar-refractivity contribution in [2.24, 2.45) is 23.7 Å². The summed E-state index contributed by atoms with van der Waals surface area (Å²) in [5, 5.41) is 18.6. The molecule has 4 atom stereocenters. The molecule has 2 bridgehead atoms. The number of carboxylic acids is 1. The molecule has 6 nitrogen and oxygen atoms in total. The highest BCUT2D eigenvalue weighted by Crippen LogP contribution is 2.53. The van der Waals surface area contributed by atoms with Gasteiger partial charge >= 0.3 is 5.97 Å². The minimum Gasteiger partial charge on any atom is -0.507 e. The first-order chi connectivity index (χ1) is 10.5. The van der Waals surface area contributed by atoms with Crippen molar-refractivity contribution in [1.29, 1.82) is 0 Å². The summed E-state index contributed by atoms with van der Waals surface area (Å²) in [6.07, 6.45) is 4.84. The van der Waals surface area contributed by atoms with E-state index in [2.05, 4.69) is 0 Å². The second kappa shape index (κ2) is 4.19. The Kier molecular flexibility index (Phi) is 2.49. The van der Waals surface area contributed by atoms with Crippen molar-refractivity contribution in [3.05, 3.63) is 35.9 Å². The molecule has 4 rings (SSSR count). The number of aromatic carboxylic acids is 1. The van der Waals surface area contributed by atoms with E-state index in [9.17, 15) is 19.5 Å². The quantitative estimate of drug-likeness (QED) is 0.636. The van der Waals surface area contributed by atoms with E-state index in [1.54, 1.807) is 0 Å². The Morgan fingerprint density at radius 1 is 1.09 bits per heavy atom. The summed E-state index contributed by atoms with van der Waals surface area (Å²) in [6, 6.07) is 3.76. The molecule has 0 radical (unpaired) electrons. The lowest BCUT2D eigenvalue weighted by molar-refractivity contribution is -0.123. The largest absolute Gasteiger partial charge is 0.507 e. The van der Waals surface area contributed by atoms with Crippen molar-refractivity contribution in [1.82, 2.24) is 0 Å². The molecule has 1 heterocycles. The van der Waals surface area contributed by atoms with Crippen LogP contribution in [0.4, 0.5) is 5.69 Å². The highest BCUT2D eigenvalue weighted by Gasteiger charge is 2.59. The summed E-state index contributed by atoms with van der Waals surface area (Å²) in [7, 11) is 0. The van der Waals surface area contributed by atoms with Gasteiger partial charge in [-0.05, 0) is 36.5 Å². The first-order valence-corrected chi connectivity index (χ1v) is 7.11. The van der Waals surface area contributed by atoms with Gasteiger partial charge in [0.15, 0.2) is 0 Å². The lowest BCUT2D eigenvalue weighted by atomic mass is 9.85. The Morgan fingerprint density at radius 2 is 1.68 bits per heavy atom. The Balaban J connectivity index is 1.76. The van der Waals surface area contributed by atoms with Gasteiger partial charge < -0.3 is 10.2 Å². The number of carboxylic acid groups (broad SMARTS) is 1. The van der Waals surface area contributed by atoms with Crippen molar-refractivity contribution in [2.75, 3.05) is 4.90 Å². The van der Waals surface area contributed by atoms with Gasteiger partial charge in [0.1, 0.15) is 11.3 Å². The number of nitrogens with zero attached hydrogens (tertiary/aromatic N) is 1. The second-order valence-electron chi connectivity index (χ2n) is 6.02. The molecule has 1 saturated carbocycles. The highest BCUT2D eigenvalue weighted by atomic mass is 16.4. The summed E-state index contributed by atoms with van der Waals surface area (Å²) in [5.74, 6) is -2.69. The molecule has 1 aromatic rings. The Labute approximate surface area is 125 Å². The van der Waals surface area contributed by atoms with Crippen LogP contribution < -0.4 is 4.90 Å². The topological polar surface area (TPSA) is 94.9 Å². The van der Waals surface area contributed by atoms with Gasteiger partial charge in [0, 0.05) is 0 Å². The number of phenols is 1. The number of hydrogen-bond acceptors (Lipinski definition) is 4. The molecule has 6 heteroatoms. The van der Waals surface area contributed by atoms with Crippen LogP contribution in [-0.4, -0.2) is 28.0 Å². The van der Waals surface area contributed by atoms with E-state index < -0.39 is 11.7 Å². The summed E-state index contributed by atoms with van der Waals surface area (Å²) >= 11 is 0. The van der Waals surface area contributed by atoms with Gasteiger partial charge in [0.05, 0.1) is 17.5 Å².